The molecule has 0 radical (unpaired) electrons. The maximum absolute atomic E-state index is 10.6. The Bertz CT molecular complexity index is 798. The smallest absolute Gasteiger partial charge is 0.269 e. The van der Waals surface area contributed by atoms with Gasteiger partial charge in [0, 0.05) is 24.7 Å². The summed E-state index contributed by atoms with van der Waals surface area (Å²) in [6, 6.07) is 5.91. The largest absolute Gasteiger partial charge is 0.420 e. The van der Waals surface area contributed by atoms with Crippen molar-refractivity contribution >= 4 is 17.4 Å². The van der Waals surface area contributed by atoms with Gasteiger partial charge in [-0.15, -0.1) is 15.3 Å². The molecule has 0 saturated heterocycles. The molecule has 0 atom stereocenters. The number of nitrogens with zero attached hydrogens (tertiary/aromatic N) is 7. The third-order valence-corrected chi connectivity index (χ3v) is 3.69. The van der Waals surface area contributed by atoms with Crippen LogP contribution >= 0.6 is 11.8 Å². The highest BCUT2D eigenvalue weighted by Crippen LogP contribution is 2.24. The van der Waals surface area contributed by atoms with E-state index in [0.29, 0.717) is 28.3 Å². The highest BCUT2D eigenvalue weighted by molar-refractivity contribution is 7.98. The van der Waals surface area contributed by atoms with Crippen LogP contribution < -0.4 is 0 Å². The minimum Gasteiger partial charge on any atom is -0.420 e. The first kappa shape index (κ1) is 14.1. The van der Waals surface area contributed by atoms with Crippen molar-refractivity contribution in [2.75, 3.05) is 0 Å². The third kappa shape index (κ3) is 2.93. The summed E-state index contributed by atoms with van der Waals surface area (Å²) >= 11 is 1.36. The number of hydrogen-bond donors (Lipinski definition) is 0. The van der Waals surface area contributed by atoms with Crippen LogP contribution in [0, 0.1) is 10.1 Å². The standard InChI is InChI=1S/C11H9N7O3S/c1-17-11(14-15-16-17)22-6-9-12-13-10(21-9)7-2-4-8(5-3-7)18(19)20/h2-5H,6H2,1H3. The van der Waals surface area contributed by atoms with Gasteiger partial charge in [0.15, 0.2) is 0 Å². The second kappa shape index (κ2) is 5.89. The van der Waals surface area contributed by atoms with Crippen molar-refractivity contribution in [2.24, 2.45) is 7.05 Å². The van der Waals surface area contributed by atoms with Crippen molar-refractivity contribution in [3.63, 3.8) is 0 Å². The molecule has 0 spiro atoms. The molecule has 2 heterocycles. The normalized spacial score (nSPS) is 10.8. The number of non-ortho nitro benzene ring substituents is 1. The molecule has 3 rings (SSSR count). The fraction of sp³-hybridized carbons (Fsp3) is 0.182. The first-order chi connectivity index (χ1) is 10.6. The monoisotopic (exact) mass is 319 g/mol. The van der Waals surface area contributed by atoms with Crippen LogP contribution in [0.2, 0.25) is 0 Å². The van der Waals surface area contributed by atoms with Gasteiger partial charge in [-0.25, -0.2) is 4.68 Å². The number of nitro benzene ring substituents is 1. The fourth-order valence-corrected chi connectivity index (χ4v) is 2.31. The second-order valence-corrected chi connectivity index (χ2v) is 5.12. The summed E-state index contributed by atoms with van der Waals surface area (Å²) in [5, 5.41) is 30.2. The van der Waals surface area contributed by atoms with E-state index >= 15 is 0 Å². The summed E-state index contributed by atoms with van der Waals surface area (Å²) in [4.78, 5) is 10.1. The molecule has 0 bridgehead atoms. The Hall–Kier alpha value is -2.82. The van der Waals surface area contributed by atoms with Gasteiger partial charge in [0.1, 0.15) is 0 Å². The zero-order valence-electron chi connectivity index (χ0n) is 11.3. The minimum absolute atomic E-state index is 0.00817. The highest BCUT2D eigenvalue weighted by atomic mass is 32.2. The van der Waals surface area contributed by atoms with E-state index < -0.39 is 4.92 Å². The molecular formula is C11H9N7O3S. The van der Waals surface area contributed by atoms with Crippen LogP contribution in [0.15, 0.2) is 33.8 Å². The van der Waals surface area contributed by atoms with Gasteiger partial charge in [-0.05, 0) is 22.6 Å². The predicted octanol–water partition coefficient (Wildman–Crippen LogP) is 1.46. The molecule has 0 aliphatic rings. The third-order valence-electron chi connectivity index (χ3n) is 2.70. The Kier molecular flexibility index (Phi) is 3.78. The summed E-state index contributed by atoms with van der Waals surface area (Å²) in [7, 11) is 1.73. The summed E-state index contributed by atoms with van der Waals surface area (Å²) in [5.74, 6) is 1.15. The number of aryl methyl sites for hydroxylation is 1. The number of aromatic nitrogens is 6. The van der Waals surface area contributed by atoms with Crippen molar-refractivity contribution in [1.29, 1.82) is 0 Å². The highest BCUT2D eigenvalue weighted by Gasteiger charge is 2.12. The summed E-state index contributed by atoms with van der Waals surface area (Å²) in [6.07, 6.45) is 0. The van der Waals surface area contributed by atoms with Crippen LogP contribution in [-0.4, -0.2) is 35.3 Å². The molecule has 22 heavy (non-hydrogen) atoms. The lowest BCUT2D eigenvalue weighted by Crippen LogP contribution is -1.93. The molecule has 1 aromatic carbocycles. The summed E-state index contributed by atoms with van der Waals surface area (Å²) in [6.45, 7) is 0. The number of thioether (sulfide) groups is 1. The molecule has 0 unspecified atom stereocenters. The maximum Gasteiger partial charge on any atom is 0.269 e. The van der Waals surface area contributed by atoms with Crippen LogP contribution in [0.5, 0.6) is 0 Å². The zero-order chi connectivity index (χ0) is 15.5. The fourth-order valence-electron chi connectivity index (χ4n) is 1.62. The Morgan fingerprint density at radius 1 is 1.27 bits per heavy atom. The Balaban J connectivity index is 1.70. The molecule has 0 aliphatic heterocycles. The van der Waals surface area contributed by atoms with Crippen molar-refractivity contribution < 1.29 is 9.34 Å². The molecule has 11 heteroatoms. The number of rotatable bonds is 5. The van der Waals surface area contributed by atoms with E-state index in [4.69, 9.17) is 4.42 Å². The van der Waals surface area contributed by atoms with Crippen molar-refractivity contribution in [2.45, 2.75) is 10.9 Å². The average Bonchev–Trinajstić information content (AvgIpc) is 3.14. The van der Waals surface area contributed by atoms with Gasteiger partial charge < -0.3 is 4.42 Å². The van der Waals surface area contributed by atoms with E-state index in [2.05, 4.69) is 25.7 Å². The van der Waals surface area contributed by atoms with Crippen LogP contribution in [0.3, 0.4) is 0 Å². The molecule has 0 amide bonds. The van der Waals surface area contributed by atoms with Gasteiger partial charge in [0.25, 0.3) is 5.69 Å². The van der Waals surface area contributed by atoms with Crippen molar-refractivity contribution in [3.8, 4) is 11.5 Å². The predicted molar refractivity (Wildman–Crippen MR) is 74.7 cm³/mol. The lowest BCUT2D eigenvalue weighted by molar-refractivity contribution is -0.384. The lowest BCUT2D eigenvalue weighted by Gasteiger charge is -1.95. The number of benzene rings is 1. The van der Waals surface area contributed by atoms with Gasteiger partial charge in [0.2, 0.25) is 16.9 Å². The first-order valence-electron chi connectivity index (χ1n) is 6.06. The molecular weight excluding hydrogens is 310 g/mol. The van der Waals surface area contributed by atoms with Crippen LogP contribution in [0.25, 0.3) is 11.5 Å². The molecule has 3 aromatic rings. The molecule has 112 valence electrons. The van der Waals surface area contributed by atoms with Gasteiger partial charge in [-0.1, -0.05) is 11.8 Å². The average molecular weight is 319 g/mol. The van der Waals surface area contributed by atoms with Gasteiger partial charge in [0.05, 0.1) is 10.7 Å². The van der Waals surface area contributed by atoms with Crippen molar-refractivity contribution in [1.82, 2.24) is 30.4 Å². The van der Waals surface area contributed by atoms with Gasteiger partial charge >= 0.3 is 0 Å². The molecule has 0 saturated carbocycles. The van der Waals surface area contributed by atoms with Crippen LogP contribution in [0.1, 0.15) is 5.89 Å². The topological polar surface area (TPSA) is 126 Å². The minimum atomic E-state index is -0.464. The SMILES string of the molecule is Cn1nnnc1SCc1nnc(-c2ccc([N+](=O)[O-])cc2)o1. The van der Waals surface area contributed by atoms with E-state index in [1.165, 1.54) is 28.6 Å². The lowest BCUT2D eigenvalue weighted by atomic mass is 10.2. The van der Waals surface area contributed by atoms with Crippen molar-refractivity contribution in [3.05, 3.63) is 40.3 Å². The molecule has 0 N–H and O–H groups in total. The molecule has 10 nitrogen and oxygen atoms in total. The zero-order valence-corrected chi connectivity index (χ0v) is 12.1. The Labute approximate surface area is 127 Å². The summed E-state index contributed by atoms with van der Waals surface area (Å²) in [5.41, 5.74) is 0.628. The first-order valence-corrected chi connectivity index (χ1v) is 7.04. The maximum atomic E-state index is 10.6. The van der Waals surface area contributed by atoms with Gasteiger partial charge in [-0.2, -0.15) is 0 Å². The molecule has 2 aromatic heterocycles. The van der Waals surface area contributed by atoms with Gasteiger partial charge in [-0.3, -0.25) is 10.1 Å². The molecule has 0 fully saturated rings. The number of nitro groups is 1. The molecule has 0 aliphatic carbocycles. The quantitative estimate of drug-likeness (QED) is 0.390. The van der Waals surface area contributed by atoms with E-state index in [0.717, 1.165) is 0 Å². The number of hydrogen-bond acceptors (Lipinski definition) is 9. The van der Waals surface area contributed by atoms with E-state index in [1.54, 1.807) is 19.2 Å². The Morgan fingerprint density at radius 3 is 2.68 bits per heavy atom. The van der Waals surface area contributed by atoms with E-state index in [-0.39, 0.29) is 5.69 Å². The van der Waals surface area contributed by atoms with E-state index in [1.807, 2.05) is 0 Å². The summed E-state index contributed by atoms with van der Waals surface area (Å²) < 4.78 is 7.06. The van der Waals surface area contributed by atoms with Crippen LogP contribution in [-0.2, 0) is 12.8 Å². The second-order valence-electron chi connectivity index (χ2n) is 4.18. The Morgan fingerprint density at radius 2 is 2.05 bits per heavy atom. The number of tetrazole rings is 1. The van der Waals surface area contributed by atoms with Crippen LogP contribution in [0.4, 0.5) is 5.69 Å². The van der Waals surface area contributed by atoms with E-state index in [9.17, 15) is 10.1 Å².